The number of nitrogens with one attached hydrogen (secondary N) is 1. The third-order valence-electron chi connectivity index (χ3n) is 6.25. The van der Waals surface area contributed by atoms with Gasteiger partial charge >= 0.3 is 5.63 Å². The molecular weight excluding hydrogens is 338 g/mol. The summed E-state index contributed by atoms with van der Waals surface area (Å²) in [5.74, 6) is 0.896. The maximum absolute atomic E-state index is 12.3. The summed E-state index contributed by atoms with van der Waals surface area (Å²) in [6.07, 6.45) is 2.84. The van der Waals surface area contributed by atoms with Crippen LogP contribution in [0.4, 0.5) is 0 Å². The van der Waals surface area contributed by atoms with Gasteiger partial charge in [-0.1, -0.05) is 30.3 Å². The predicted octanol–water partition coefficient (Wildman–Crippen LogP) is 3.09. The Labute approximate surface area is 158 Å². The Bertz CT molecular complexity index is 1080. The van der Waals surface area contributed by atoms with E-state index in [9.17, 15) is 4.79 Å². The van der Waals surface area contributed by atoms with Gasteiger partial charge in [0.15, 0.2) is 0 Å². The molecule has 0 fully saturated rings. The molecule has 3 aromatic rings. The topological polar surface area (TPSA) is 43.9 Å². The molecular formula is C23H24NO3+. The van der Waals surface area contributed by atoms with Crippen molar-refractivity contribution < 1.29 is 14.1 Å². The number of fused-ring (bicyclic) bond motifs is 4. The van der Waals surface area contributed by atoms with Crippen LogP contribution in [0, 0.1) is 6.92 Å². The fraction of sp³-hybridized carbons (Fsp3) is 0.348. The lowest BCUT2D eigenvalue weighted by molar-refractivity contribution is -0.960. The zero-order valence-corrected chi connectivity index (χ0v) is 15.8. The quantitative estimate of drug-likeness (QED) is 0.713. The van der Waals surface area contributed by atoms with Gasteiger partial charge in [-0.3, -0.25) is 4.90 Å². The molecule has 0 amide bonds. The van der Waals surface area contributed by atoms with Crippen molar-refractivity contribution in [3.05, 3.63) is 74.6 Å². The van der Waals surface area contributed by atoms with Crippen molar-refractivity contribution in [3.63, 3.8) is 0 Å². The molecule has 1 aromatic heterocycles. The lowest BCUT2D eigenvalue weighted by atomic mass is 9.98. The van der Waals surface area contributed by atoms with Crippen molar-refractivity contribution in [1.82, 2.24) is 0 Å². The monoisotopic (exact) mass is 362 g/mol. The van der Waals surface area contributed by atoms with Crippen molar-refractivity contribution in [2.45, 2.75) is 45.7 Å². The van der Waals surface area contributed by atoms with Gasteiger partial charge in [0.05, 0.1) is 0 Å². The SMILES string of the molecule is Cc1c2c(cc3c4c(c(=O)oc13)CCC4)C[NH+]([C@@H](C)c1ccccc1)CO2. The van der Waals surface area contributed by atoms with Gasteiger partial charge in [0.25, 0.3) is 0 Å². The second-order valence-electron chi connectivity index (χ2n) is 7.82. The summed E-state index contributed by atoms with van der Waals surface area (Å²) in [6, 6.07) is 13.2. The van der Waals surface area contributed by atoms with Crippen molar-refractivity contribution in [2.75, 3.05) is 6.73 Å². The highest BCUT2D eigenvalue weighted by molar-refractivity contribution is 5.87. The Morgan fingerprint density at radius 3 is 2.70 bits per heavy atom. The highest BCUT2D eigenvalue weighted by atomic mass is 16.5. The van der Waals surface area contributed by atoms with Gasteiger partial charge in [0.1, 0.15) is 23.9 Å². The number of hydrogen-bond donors (Lipinski definition) is 1. The Hall–Kier alpha value is -2.59. The van der Waals surface area contributed by atoms with E-state index < -0.39 is 0 Å². The molecule has 1 aliphatic heterocycles. The van der Waals surface area contributed by atoms with Crippen molar-refractivity contribution in [2.24, 2.45) is 0 Å². The van der Waals surface area contributed by atoms with Crippen LogP contribution >= 0.6 is 0 Å². The van der Waals surface area contributed by atoms with Crippen LogP contribution in [0.5, 0.6) is 5.75 Å². The lowest BCUT2D eigenvalue weighted by Crippen LogP contribution is -3.12. The largest absolute Gasteiger partial charge is 0.444 e. The van der Waals surface area contributed by atoms with E-state index in [1.54, 1.807) is 0 Å². The average molecular weight is 362 g/mol. The molecule has 1 aliphatic carbocycles. The van der Waals surface area contributed by atoms with Crippen LogP contribution in [-0.4, -0.2) is 6.73 Å². The molecule has 0 radical (unpaired) electrons. The molecule has 2 aliphatic rings. The number of rotatable bonds is 2. The molecule has 2 heterocycles. The van der Waals surface area contributed by atoms with Crippen LogP contribution in [0.3, 0.4) is 0 Å². The maximum atomic E-state index is 12.3. The highest BCUT2D eigenvalue weighted by Gasteiger charge is 2.30. The fourth-order valence-corrected chi connectivity index (χ4v) is 4.68. The highest BCUT2D eigenvalue weighted by Crippen LogP contribution is 2.36. The number of aryl methyl sites for hydroxylation is 2. The summed E-state index contributed by atoms with van der Waals surface area (Å²) in [6.45, 7) is 5.79. The van der Waals surface area contributed by atoms with Gasteiger partial charge in [-0.05, 0) is 44.7 Å². The van der Waals surface area contributed by atoms with E-state index in [1.807, 2.05) is 6.92 Å². The summed E-state index contributed by atoms with van der Waals surface area (Å²) in [7, 11) is 0. The Balaban J connectivity index is 1.59. The normalized spacial score (nSPS) is 19.4. The van der Waals surface area contributed by atoms with Crippen LogP contribution in [0.25, 0.3) is 11.0 Å². The lowest BCUT2D eigenvalue weighted by Gasteiger charge is -2.31. The third kappa shape index (κ3) is 2.59. The molecule has 5 rings (SSSR count). The molecule has 138 valence electrons. The van der Waals surface area contributed by atoms with Crippen LogP contribution in [0.15, 0.2) is 45.6 Å². The van der Waals surface area contributed by atoms with Gasteiger partial charge < -0.3 is 9.15 Å². The first-order valence-corrected chi connectivity index (χ1v) is 9.77. The van der Waals surface area contributed by atoms with E-state index in [2.05, 4.69) is 43.3 Å². The second kappa shape index (κ2) is 6.24. The molecule has 27 heavy (non-hydrogen) atoms. The summed E-state index contributed by atoms with van der Waals surface area (Å²) in [5, 5.41) is 1.11. The molecule has 4 nitrogen and oxygen atoms in total. The number of hydrogen-bond acceptors (Lipinski definition) is 3. The molecule has 2 atom stereocenters. The minimum atomic E-state index is -0.168. The minimum Gasteiger partial charge on any atom is -0.444 e. The molecule has 2 aromatic carbocycles. The average Bonchev–Trinajstić information content (AvgIpc) is 3.20. The van der Waals surface area contributed by atoms with Gasteiger partial charge in [-0.15, -0.1) is 0 Å². The van der Waals surface area contributed by atoms with Crippen molar-refractivity contribution in [1.29, 1.82) is 0 Å². The van der Waals surface area contributed by atoms with E-state index >= 15 is 0 Å². The van der Waals surface area contributed by atoms with E-state index in [4.69, 9.17) is 9.15 Å². The smallest absolute Gasteiger partial charge is 0.339 e. The zero-order chi connectivity index (χ0) is 18.5. The van der Waals surface area contributed by atoms with Crippen LogP contribution in [-0.2, 0) is 19.4 Å². The van der Waals surface area contributed by atoms with E-state index in [0.717, 1.165) is 48.1 Å². The number of benzene rings is 2. The Kier molecular flexibility index (Phi) is 3.83. The van der Waals surface area contributed by atoms with Crippen LogP contribution < -0.4 is 15.3 Å². The van der Waals surface area contributed by atoms with Crippen LogP contribution in [0.1, 0.15) is 47.2 Å². The van der Waals surface area contributed by atoms with E-state index in [-0.39, 0.29) is 5.63 Å². The molecule has 0 saturated carbocycles. The van der Waals surface area contributed by atoms with Gasteiger partial charge in [0, 0.05) is 27.6 Å². The Morgan fingerprint density at radius 2 is 1.89 bits per heavy atom. The van der Waals surface area contributed by atoms with Gasteiger partial charge in [0.2, 0.25) is 6.73 Å². The summed E-state index contributed by atoms with van der Waals surface area (Å²) >= 11 is 0. The predicted molar refractivity (Wildman–Crippen MR) is 104 cm³/mol. The minimum absolute atomic E-state index is 0.168. The summed E-state index contributed by atoms with van der Waals surface area (Å²) in [4.78, 5) is 13.7. The van der Waals surface area contributed by atoms with E-state index in [0.29, 0.717) is 18.4 Å². The molecule has 1 N–H and O–H groups in total. The van der Waals surface area contributed by atoms with Crippen molar-refractivity contribution in [3.8, 4) is 5.75 Å². The molecule has 0 spiro atoms. The van der Waals surface area contributed by atoms with E-state index in [1.165, 1.54) is 21.6 Å². The molecule has 1 unspecified atom stereocenters. The van der Waals surface area contributed by atoms with Crippen molar-refractivity contribution >= 4 is 11.0 Å². The summed E-state index contributed by atoms with van der Waals surface area (Å²) < 4.78 is 11.9. The first-order chi connectivity index (χ1) is 13.1. The first kappa shape index (κ1) is 16.6. The van der Waals surface area contributed by atoms with Gasteiger partial charge in [-0.25, -0.2) is 4.79 Å². The molecule has 0 bridgehead atoms. The number of quaternary nitrogens is 1. The third-order valence-corrected chi connectivity index (χ3v) is 6.25. The number of ether oxygens (including phenoxy) is 1. The second-order valence-corrected chi connectivity index (χ2v) is 7.82. The summed E-state index contributed by atoms with van der Waals surface area (Å²) in [5.41, 5.74) is 6.10. The Morgan fingerprint density at radius 1 is 1.11 bits per heavy atom. The maximum Gasteiger partial charge on any atom is 0.339 e. The molecule has 4 heteroatoms. The van der Waals surface area contributed by atoms with Gasteiger partial charge in [-0.2, -0.15) is 0 Å². The molecule has 0 saturated heterocycles. The first-order valence-electron chi connectivity index (χ1n) is 9.77. The standard InChI is InChI=1S/C23H23NO3/c1-14-21-17(11-20-18-9-6-10-19(18)23(25)27-22(14)20)12-24(13-26-21)15(2)16-7-4-3-5-8-16/h3-5,7-8,11,15H,6,9-10,12-13H2,1-2H3/p+1/t15-/m0/s1. The zero-order valence-electron chi connectivity index (χ0n) is 15.8. The van der Waals surface area contributed by atoms with Crippen LogP contribution in [0.2, 0.25) is 0 Å². The fourth-order valence-electron chi connectivity index (χ4n) is 4.68.